The van der Waals surface area contributed by atoms with Gasteiger partial charge in [-0.3, -0.25) is 14.9 Å². The molecular weight excluding hydrogens is 294 g/mol. The Morgan fingerprint density at radius 1 is 1.52 bits per heavy atom. The first-order valence-corrected chi connectivity index (χ1v) is 6.77. The summed E-state index contributed by atoms with van der Waals surface area (Å²) in [6, 6.07) is 2.93. The van der Waals surface area contributed by atoms with Crippen LogP contribution >= 0.6 is 11.3 Å². The molecule has 2 aromatic rings. The van der Waals surface area contributed by atoms with Crippen LogP contribution in [0.2, 0.25) is 0 Å². The number of aromatic nitrogens is 1. The Morgan fingerprint density at radius 2 is 2.33 bits per heavy atom. The van der Waals surface area contributed by atoms with Crippen molar-refractivity contribution in [1.82, 2.24) is 4.98 Å². The maximum atomic E-state index is 11.7. The van der Waals surface area contributed by atoms with E-state index in [4.69, 9.17) is 15.2 Å². The second-order valence-electron chi connectivity index (χ2n) is 3.93. The molecule has 2 rings (SSSR count). The van der Waals surface area contributed by atoms with Crippen LogP contribution in [0.1, 0.15) is 10.4 Å². The fourth-order valence-electron chi connectivity index (χ4n) is 1.60. The SMILES string of the molecule is COc1cc(C=O)cc(N)c1OCC(=O)Nc1nccs1. The van der Waals surface area contributed by atoms with Crippen LogP contribution in [0.15, 0.2) is 23.7 Å². The maximum absolute atomic E-state index is 11.7. The van der Waals surface area contributed by atoms with Crippen LogP contribution in [-0.2, 0) is 4.79 Å². The highest BCUT2D eigenvalue weighted by Gasteiger charge is 2.13. The number of methoxy groups -OCH3 is 1. The molecule has 0 atom stereocenters. The lowest BCUT2D eigenvalue weighted by molar-refractivity contribution is -0.118. The number of benzene rings is 1. The van der Waals surface area contributed by atoms with Crippen LogP contribution in [0.4, 0.5) is 10.8 Å². The van der Waals surface area contributed by atoms with Crippen molar-refractivity contribution in [3.05, 3.63) is 29.3 Å². The first-order chi connectivity index (χ1) is 10.1. The normalized spacial score (nSPS) is 9.95. The fourth-order valence-corrected chi connectivity index (χ4v) is 2.14. The van der Waals surface area contributed by atoms with Crippen molar-refractivity contribution >= 4 is 34.3 Å². The van der Waals surface area contributed by atoms with E-state index in [1.165, 1.54) is 30.6 Å². The molecule has 0 aliphatic heterocycles. The molecule has 1 aromatic heterocycles. The minimum atomic E-state index is -0.370. The molecule has 3 N–H and O–H groups in total. The lowest BCUT2D eigenvalue weighted by Gasteiger charge is -2.13. The molecule has 1 amide bonds. The second kappa shape index (κ2) is 6.71. The monoisotopic (exact) mass is 307 g/mol. The van der Waals surface area contributed by atoms with E-state index in [-0.39, 0.29) is 24.0 Å². The summed E-state index contributed by atoms with van der Waals surface area (Å²) in [5.74, 6) is 0.141. The zero-order chi connectivity index (χ0) is 15.2. The molecule has 0 unspecified atom stereocenters. The van der Waals surface area contributed by atoms with Crippen LogP contribution < -0.4 is 20.5 Å². The van der Waals surface area contributed by atoms with Gasteiger partial charge in [-0.15, -0.1) is 11.3 Å². The number of thiazole rings is 1. The molecule has 8 heteroatoms. The average Bonchev–Trinajstić information content (AvgIpc) is 2.97. The van der Waals surface area contributed by atoms with Crippen LogP contribution in [-0.4, -0.2) is 30.9 Å². The van der Waals surface area contributed by atoms with E-state index in [9.17, 15) is 9.59 Å². The molecule has 0 saturated carbocycles. The number of nitrogen functional groups attached to an aromatic ring is 1. The summed E-state index contributed by atoms with van der Waals surface area (Å²) in [4.78, 5) is 26.4. The lowest BCUT2D eigenvalue weighted by Crippen LogP contribution is -2.20. The summed E-state index contributed by atoms with van der Waals surface area (Å²) in [7, 11) is 1.42. The fraction of sp³-hybridized carbons (Fsp3) is 0.154. The number of nitrogens with two attached hydrogens (primary N) is 1. The molecule has 1 heterocycles. The first-order valence-electron chi connectivity index (χ1n) is 5.89. The van der Waals surface area contributed by atoms with Gasteiger partial charge in [-0.25, -0.2) is 4.98 Å². The molecule has 0 aliphatic rings. The van der Waals surface area contributed by atoms with Gasteiger partial charge in [0.2, 0.25) is 0 Å². The highest BCUT2D eigenvalue weighted by Crippen LogP contribution is 2.34. The molecule has 7 nitrogen and oxygen atoms in total. The lowest BCUT2D eigenvalue weighted by atomic mass is 10.2. The Labute approximate surface area is 124 Å². The van der Waals surface area contributed by atoms with Gasteiger partial charge in [0, 0.05) is 17.1 Å². The predicted molar refractivity (Wildman–Crippen MR) is 79.0 cm³/mol. The van der Waals surface area contributed by atoms with Crippen LogP contribution in [0.5, 0.6) is 11.5 Å². The number of carbonyl (C=O) groups is 2. The third-order valence-corrected chi connectivity index (χ3v) is 3.18. The Balaban J connectivity index is 2.05. The van der Waals surface area contributed by atoms with Gasteiger partial charge >= 0.3 is 0 Å². The third kappa shape index (κ3) is 3.69. The Morgan fingerprint density at radius 3 is 2.95 bits per heavy atom. The number of anilines is 2. The Kier molecular flexibility index (Phi) is 4.72. The number of rotatable bonds is 6. The number of ether oxygens (including phenoxy) is 2. The van der Waals surface area contributed by atoms with Gasteiger partial charge in [0.1, 0.15) is 6.29 Å². The van der Waals surface area contributed by atoms with Gasteiger partial charge < -0.3 is 15.2 Å². The molecule has 0 bridgehead atoms. The van der Waals surface area contributed by atoms with Gasteiger partial charge in [0.25, 0.3) is 5.91 Å². The minimum absolute atomic E-state index is 0.220. The molecule has 0 saturated heterocycles. The zero-order valence-corrected chi connectivity index (χ0v) is 12.0. The predicted octanol–water partition coefficient (Wildman–Crippen LogP) is 1.56. The van der Waals surface area contributed by atoms with Gasteiger partial charge in [0.15, 0.2) is 23.2 Å². The van der Waals surface area contributed by atoms with Crippen molar-refractivity contribution in [2.75, 3.05) is 24.8 Å². The number of nitrogens with one attached hydrogen (secondary N) is 1. The van der Waals surface area contributed by atoms with Crippen molar-refractivity contribution in [3.8, 4) is 11.5 Å². The van der Waals surface area contributed by atoms with Gasteiger partial charge in [-0.2, -0.15) is 0 Å². The van der Waals surface area contributed by atoms with E-state index in [1.54, 1.807) is 11.6 Å². The maximum Gasteiger partial charge on any atom is 0.264 e. The molecule has 0 spiro atoms. The number of nitrogens with zero attached hydrogens (tertiary/aromatic N) is 1. The number of carbonyl (C=O) groups excluding carboxylic acids is 2. The smallest absolute Gasteiger partial charge is 0.264 e. The molecule has 21 heavy (non-hydrogen) atoms. The largest absolute Gasteiger partial charge is 0.493 e. The summed E-state index contributed by atoms with van der Waals surface area (Å²) in [6.07, 6.45) is 2.23. The number of hydrogen-bond acceptors (Lipinski definition) is 7. The van der Waals surface area contributed by atoms with Crippen molar-refractivity contribution in [1.29, 1.82) is 0 Å². The van der Waals surface area contributed by atoms with Crippen LogP contribution in [0.25, 0.3) is 0 Å². The van der Waals surface area contributed by atoms with Gasteiger partial charge in [-0.05, 0) is 12.1 Å². The van der Waals surface area contributed by atoms with E-state index in [2.05, 4.69) is 10.3 Å². The van der Waals surface area contributed by atoms with Gasteiger partial charge in [-0.1, -0.05) is 0 Å². The van der Waals surface area contributed by atoms with Gasteiger partial charge in [0.05, 0.1) is 12.8 Å². The minimum Gasteiger partial charge on any atom is -0.493 e. The molecule has 0 fully saturated rings. The number of amides is 1. The summed E-state index contributed by atoms with van der Waals surface area (Å²) in [5.41, 5.74) is 6.38. The first kappa shape index (κ1) is 14.8. The molecule has 0 aliphatic carbocycles. The molecule has 0 radical (unpaired) electrons. The number of hydrogen-bond donors (Lipinski definition) is 2. The average molecular weight is 307 g/mol. The van der Waals surface area contributed by atoms with E-state index in [0.717, 1.165) is 0 Å². The molecule has 110 valence electrons. The van der Waals surface area contributed by atoms with E-state index in [0.29, 0.717) is 22.7 Å². The van der Waals surface area contributed by atoms with Crippen molar-refractivity contribution in [3.63, 3.8) is 0 Å². The van der Waals surface area contributed by atoms with E-state index < -0.39 is 0 Å². The number of aldehydes is 1. The summed E-state index contributed by atoms with van der Waals surface area (Å²) < 4.78 is 10.5. The summed E-state index contributed by atoms with van der Waals surface area (Å²) in [6.45, 7) is -0.249. The van der Waals surface area contributed by atoms with Crippen LogP contribution in [0, 0.1) is 0 Å². The Hall–Kier alpha value is -2.61. The van der Waals surface area contributed by atoms with Crippen molar-refractivity contribution < 1.29 is 19.1 Å². The molecular formula is C13H13N3O4S. The summed E-state index contributed by atoms with van der Waals surface area (Å²) >= 11 is 1.30. The summed E-state index contributed by atoms with van der Waals surface area (Å²) in [5, 5.41) is 4.81. The van der Waals surface area contributed by atoms with E-state index >= 15 is 0 Å². The highest BCUT2D eigenvalue weighted by molar-refractivity contribution is 7.13. The topological polar surface area (TPSA) is 104 Å². The Bertz CT molecular complexity index is 643. The van der Waals surface area contributed by atoms with Crippen molar-refractivity contribution in [2.24, 2.45) is 0 Å². The quantitative estimate of drug-likeness (QED) is 0.620. The zero-order valence-electron chi connectivity index (χ0n) is 11.2. The van der Waals surface area contributed by atoms with E-state index in [1.807, 2.05) is 0 Å². The molecule has 1 aromatic carbocycles. The standard InChI is InChI=1S/C13H13N3O4S/c1-19-10-5-8(6-17)4-9(14)12(10)20-7-11(18)16-13-15-2-3-21-13/h2-6H,7,14H2,1H3,(H,15,16,18). The third-order valence-electron chi connectivity index (χ3n) is 2.49. The van der Waals surface area contributed by atoms with Crippen molar-refractivity contribution in [2.45, 2.75) is 0 Å². The van der Waals surface area contributed by atoms with Crippen LogP contribution in [0.3, 0.4) is 0 Å². The highest BCUT2D eigenvalue weighted by atomic mass is 32.1. The second-order valence-corrected chi connectivity index (χ2v) is 4.83.